The van der Waals surface area contributed by atoms with E-state index in [-0.39, 0.29) is 11.8 Å². The summed E-state index contributed by atoms with van der Waals surface area (Å²) in [6.07, 6.45) is 0.801. The second-order valence-corrected chi connectivity index (χ2v) is 7.52. The lowest BCUT2D eigenvalue weighted by atomic mass is 10.0. The Hall–Kier alpha value is -3.44. The van der Waals surface area contributed by atoms with E-state index in [1.54, 1.807) is 35.2 Å². The highest BCUT2D eigenvalue weighted by Gasteiger charge is 2.25. The number of anilines is 2. The zero-order valence-electron chi connectivity index (χ0n) is 16.8. The Morgan fingerprint density at radius 1 is 0.967 bits per heavy atom. The number of benzene rings is 3. The highest BCUT2D eigenvalue weighted by atomic mass is 16.3. The Balaban J connectivity index is 1.53. The molecular formula is C25H24N2O3. The van der Waals surface area contributed by atoms with Gasteiger partial charge in [0.05, 0.1) is 6.10 Å². The molecule has 0 unspecified atom stereocenters. The Morgan fingerprint density at radius 2 is 1.67 bits per heavy atom. The van der Waals surface area contributed by atoms with Gasteiger partial charge in [0.1, 0.15) is 0 Å². The highest BCUT2D eigenvalue weighted by Crippen LogP contribution is 2.33. The van der Waals surface area contributed by atoms with Crippen LogP contribution in [0.25, 0.3) is 0 Å². The van der Waals surface area contributed by atoms with E-state index in [1.807, 2.05) is 49.4 Å². The van der Waals surface area contributed by atoms with Crippen molar-refractivity contribution in [3.8, 4) is 0 Å². The predicted octanol–water partition coefficient (Wildman–Crippen LogP) is 4.72. The number of rotatable bonds is 3. The van der Waals surface area contributed by atoms with E-state index in [9.17, 15) is 14.7 Å². The molecule has 5 heteroatoms. The van der Waals surface area contributed by atoms with Gasteiger partial charge in [0, 0.05) is 34.6 Å². The first-order valence-electron chi connectivity index (χ1n) is 10.1. The number of carbonyl (C=O) groups excluding carboxylic acids is 2. The van der Waals surface area contributed by atoms with Crippen LogP contribution in [0.2, 0.25) is 0 Å². The SMILES string of the molecule is Cc1ccccc1C(=O)Nc1ccc(C(=O)N2CCC[C@@H](O)c3ccccc32)cc1. The number of aliphatic hydroxyl groups excluding tert-OH is 1. The minimum Gasteiger partial charge on any atom is -0.388 e. The molecule has 0 aromatic heterocycles. The first-order valence-corrected chi connectivity index (χ1v) is 10.1. The summed E-state index contributed by atoms with van der Waals surface area (Å²) in [7, 11) is 0. The summed E-state index contributed by atoms with van der Waals surface area (Å²) < 4.78 is 0. The molecule has 0 aliphatic carbocycles. The fourth-order valence-electron chi connectivity index (χ4n) is 3.82. The van der Waals surface area contributed by atoms with Crippen LogP contribution in [0.1, 0.15) is 50.8 Å². The van der Waals surface area contributed by atoms with Crippen LogP contribution in [-0.4, -0.2) is 23.5 Å². The molecule has 0 fully saturated rings. The lowest BCUT2D eigenvalue weighted by molar-refractivity contribution is 0.0985. The van der Waals surface area contributed by atoms with Crippen molar-refractivity contribution < 1.29 is 14.7 Å². The van der Waals surface area contributed by atoms with Gasteiger partial charge in [0.25, 0.3) is 11.8 Å². The molecule has 5 nitrogen and oxygen atoms in total. The van der Waals surface area contributed by atoms with Gasteiger partial charge in [-0.25, -0.2) is 0 Å². The number of fused-ring (bicyclic) bond motifs is 1. The maximum absolute atomic E-state index is 13.2. The van der Waals surface area contributed by atoms with Crippen molar-refractivity contribution >= 4 is 23.2 Å². The van der Waals surface area contributed by atoms with Gasteiger partial charge in [0.2, 0.25) is 0 Å². The number of aliphatic hydroxyl groups is 1. The van der Waals surface area contributed by atoms with Crippen LogP contribution >= 0.6 is 0 Å². The van der Waals surface area contributed by atoms with Gasteiger partial charge in [0.15, 0.2) is 0 Å². The lowest BCUT2D eigenvalue weighted by Gasteiger charge is -2.23. The van der Waals surface area contributed by atoms with Crippen LogP contribution < -0.4 is 10.2 Å². The Labute approximate surface area is 176 Å². The summed E-state index contributed by atoms with van der Waals surface area (Å²) in [5, 5.41) is 13.2. The molecule has 1 aliphatic rings. The Morgan fingerprint density at radius 3 is 2.43 bits per heavy atom. The van der Waals surface area contributed by atoms with Crippen LogP contribution in [0.4, 0.5) is 11.4 Å². The molecule has 1 aliphatic heterocycles. The van der Waals surface area contributed by atoms with Crippen molar-refractivity contribution in [2.24, 2.45) is 0 Å². The highest BCUT2D eigenvalue weighted by molar-refractivity contribution is 6.08. The molecule has 1 atom stereocenters. The number of hydrogen-bond donors (Lipinski definition) is 2. The van der Waals surface area contributed by atoms with Crippen LogP contribution in [0.15, 0.2) is 72.8 Å². The van der Waals surface area contributed by atoms with Crippen molar-refractivity contribution in [3.05, 3.63) is 95.1 Å². The predicted molar refractivity (Wildman–Crippen MR) is 118 cm³/mol. The zero-order valence-corrected chi connectivity index (χ0v) is 16.8. The van der Waals surface area contributed by atoms with E-state index in [0.717, 1.165) is 23.2 Å². The summed E-state index contributed by atoms with van der Waals surface area (Å²) in [4.78, 5) is 27.4. The van der Waals surface area contributed by atoms with E-state index in [1.165, 1.54) is 0 Å². The molecule has 2 amide bonds. The minimum atomic E-state index is -0.557. The first kappa shape index (κ1) is 19.9. The fraction of sp³-hybridized carbons (Fsp3) is 0.200. The smallest absolute Gasteiger partial charge is 0.258 e. The summed E-state index contributed by atoms with van der Waals surface area (Å²) >= 11 is 0. The molecule has 0 bridgehead atoms. The average molecular weight is 400 g/mol. The van der Waals surface area contributed by atoms with Crippen LogP contribution in [0.3, 0.4) is 0 Å². The maximum Gasteiger partial charge on any atom is 0.258 e. The largest absolute Gasteiger partial charge is 0.388 e. The average Bonchev–Trinajstić information content (AvgIpc) is 2.93. The molecule has 152 valence electrons. The van der Waals surface area contributed by atoms with Gasteiger partial charge in [-0.3, -0.25) is 9.59 Å². The van der Waals surface area contributed by atoms with Crippen molar-refractivity contribution in [2.45, 2.75) is 25.9 Å². The van der Waals surface area contributed by atoms with Crippen LogP contribution in [0.5, 0.6) is 0 Å². The minimum absolute atomic E-state index is 0.117. The number of nitrogens with zero attached hydrogens (tertiary/aromatic N) is 1. The molecule has 0 radical (unpaired) electrons. The van der Waals surface area contributed by atoms with E-state index < -0.39 is 6.10 Å². The van der Waals surface area contributed by atoms with Gasteiger partial charge in [-0.15, -0.1) is 0 Å². The van der Waals surface area contributed by atoms with Crippen molar-refractivity contribution in [2.75, 3.05) is 16.8 Å². The molecule has 1 heterocycles. The second kappa shape index (κ2) is 8.51. The third-order valence-corrected chi connectivity index (χ3v) is 5.47. The topological polar surface area (TPSA) is 69.6 Å². The van der Waals surface area contributed by atoms with Crippen LogP contribution in [0, 0.1) is 6.92 Å². The normalized spacial score (nSPS) is 15.8. The van der Waals surface area contributed by atoms with Crippen LogP contribution in [-0.2, 0) is 0 Å². The molecule has 4 rings (SSSR count). The van der Waals surface area contributed by atoms with Gasteiger partial charge in [-0.05, 0) is 61.7 Å². The summed E-state index contributed by atoms with van der Waals surface area (Å²) in [5.41, 5.74) is 4.23. The fourth-order valence-corrected chi connectivity index (χ4v) is 3.82. The molecule has 30 heavy (non-hydrogen) atoms. The maximum atomic E-state index is 13.2. The lowest BCUT2D eigenvalue weighted by Crippen LogP contribution is -2.31. The molecule has 0 spiro atoms. The molecule has 3 aromatic rings. The van der Waals surface area contributed by atoms with E-state index in [2.05, 4.69) is 5.32 Å². The van der Waals surface area contributed by atoms with Crippen molar-refractivity contribution in [1.29, 1.82) is 0 Å². The van der Waals surface area contributed by atoms with Gasteiger partial charge < -0.3 is 15.3 Å². The van der Waals surface area contributed by atoms with E-state index in [4.69, 9.17) is 0 Å². The zero-order chi connectivity index (χ0) is 21.1. The molecular weight excluding hydrogens is 376 g/mol. The number of aryl methyl sites for hydroxylation is 1. The standard InChI is InChI=1S/C25H24N2O3/c1-17-7-2-3-8-20(17)24(29)26-19-14-12-18(13-15-19)25(30)27-16-6-11-23(28)21-9-4-5-10-22(21)27/h2-5,7-10,12-15,23,28H,6,11,16H2,1H3,(H,26,29)/t23-/m1/s1. The van der Waals surface area contributed by atoms with Gasteiger partial charge in [-0.1, -0.05) is 36.4 Å². The second-order valence-electron chi connectivity index (χ2n) is 7.52. The number of para-hydroxylation sites is 1. The number of carbonyl (C=O) groups is 2. The Bertz CT molecular complexity index is 1080. The summed E-state index contributed by atoms with van der Waals surface area (Å²) in [5.74, 6) is -0.295. The quantitative estimate of drug-likeness (QED) is 0.668. The van der Waals surface area contributed by atoms with Crippen molar-refractivity contribution in [1.82, 2.24) is 0 Å². The third-order valence-electron chi connectivity index (χ3n) is 5.47. The summed E-state index contributed by atoms with van der Waals surface area (Å²) in [6.45, 7) is 2.45. The molecule has 0 saturated carbocycles. The number of hydrogen-bond acceptors (Lipinski definition) is 3. The number of amides is 2. The number of nitrogens with one attached hydrogen (secondary N) is 1. The van der Waals surface area contributed by atoms with E-state index in [0.29, 0.717) is 29.8 Å². The monoisotopic (exact) mass is 400 g/mol. The van der Waals surface area contributed by atoms with E-state index >= 15 is 0 Å². The third kappa shape index (κ3) is 3.98. The van der Waals surface area contributed by atoms with Crippen molar-refractivity contribution in [3.63, 3.8) is 0 Å². The van der Waals surface area contributed by atoms with Gasteiger partial charge >= 0.3 is 0 Å². The van der Waals surface area contributed by atoms with Gasteiger partial charge in [-0.2, -0.15) is 0 Å². The molecule has 3 aromatic carbocycles. The Kier molecular flexibility index (Phi) is 5.63. The molecule has 0 saturated heterocycles. The molecule has 2 N–H and O–H groups in total. The first-order chi connectivity index (χ1) is 14.5. The summed E-state index contributed by atoms with van der Waals surface area (Å²) in [6, 6.07) is 21.8.